The summed E-state index contributed by atoms with van der Waals surface area (Å²) in [6.45, 7) is 1.27. The van der Waals surface area contributed by atoms with Gasteiger partial charge in [0.15, 0.2) is 12.6 Å². The minimum absolute atomic E-state index is 0. The van der Waals surface area contributed by atoms with Gasteiger partial charge in [-0.1, -0.05) is 49.9 Å². The Morgan fingerprint density at radius 3 is 2.17 bits per heavy atom. The molecule has 0 aliphatic heterocycles. The van der Waals surface area contributed by atoms with Gasteiger partial charge in [-0.3, -0.25) is 10.2 Å². The fourth-order valence-corrected chi connectivity index (χ4v) is 3.01. The maximum absolute atomic E-state index is 12.3. The zero-order chi connectivity index (χ0) is 25.2. The van der Waals surface area contributed by atoms with Crippen LogP contribution in [0.2, 0.25) is 0 Å². The molecule has 36 heavy (non-hydrogen) atoms. The minimum atomic E-state index is -0.637. The van der Waals surface area contributed by atoms with Gasteiger partial charge < -0.3 is 25.3 Å². The summed E-state index contributed by atoms with van der Waals surface area (Å²) >= 11 is 0. The standard InChI is InChI=1S/C26H25N3O6.CH4/c1-17(24(31)34-16-23(30)33-15-18-5-3-2-4-6-18)19-9-13-22(14-10-19)35-25(32)20-7-11-21(12-8-20)29-26(27)28;/h2-14,17H,15-16H2,1H3,(H4,27,28,29);1H4/t17-;/m0./s1. The molecular weight excluding hydrogens is 462 g/mol. The second kappa shape index (κ2) is 13.3. The predicted octanol–water partition coefficient (Wildman–Crippen LogP) is 4.24. The van der Waals surface area contributed by atoms with Crippen LogP contribution in [0, 0.1) is 5.41 Å². The van der Waals surface area contributed by atoms with Crippen LogP contribution in [-0.2, 0) is 25.7 Å². The lowest BCUT2D eigenvalue weighted by Gasteiger charge is -2.12. The summed E-state index contributed by atoms with van der Waals surface area (Å²) in [5.74, 6) is -2.32. The van der Waals surface area contributed by atoms with Gasteiger partial charge in [0.25, 0.3) is 0 Å². The van der Waals surface area contributed by atoms with Crippen LogP contribution in [0.5, 0.6) is 5.75 Å². The zero-order valence-electron chi connectivity index (χ0n) is 19.0. The maximum Gasteiger partial charge on any atom is 0.344 e. The van der Waals surface area contributed by atoms with Gasteiger partial charge in [0.2, 0.25) is 0 Å². The van der Waals surface area contributed by atoms with Crippen molar-refractivity contribution in [3.63, 3.8) is 0 Å². The number of carbonyl (C=O) groups excluding carboxylic acids is 3. The lowest BCUT2D eigenvalue weighted by molar-refractivity contribution is -0.160. The molecule has 0 saturated carbocycles. The normalized spacial score (nSPS) is 10.8. The van der Waals surface area contributed by atoms with Crippen molar-refractivity contribution in [1.82, 2.24) is 0 Å². The number of esters is 3. The van der Waals surface area contributed by atoms with E-state index in [1.807, 2.05) is 30.3 Å². The molecule has 3 aromatic carbocycles. The van der Waals surface area contributed by atoms with E-state index in [9.17, 15) is 14.4 Å². The van der Waals surface area contributed by atoms with Gasteiger partial charge in [0.1, 0.15) is 12.4 Å². The highest BCUT2D eigenvalue weighted by atomic mass is 16.6. The van der Waals surface area contributed by atoms with Crippen LogP contribution in [-0.4, -0.2) is 30.5 Å². The van der Waals surface area contributed by atoms with Crippen molar-refractivity contribution in [3.05, 3.63) is 95.6 Å². The van der Waals surface area contributed by atoms with Crippen molar-refractivity contribution >= 4 is 29.6 Å². The molecule has 188 valence electrons. The molecule has 0 heterocycles. The fraction of sp³-hybridized carbons (Fsp3) is 0.185. The van der Waals surface area contributed by atoms with Crippen LogP contribution in [0.1, 0.15) is 41.8 Å². The number of rotatable bonds is 9. The Hall–Kier alpha value is -4.66. The van der Waals surface area contributed by atoms with E-state index < -0.39 is 30.4 Å². The molecule has 0 radical (unpaired) electrons. The Labute approximate surface area is 209 Å². The number of guanidine groups is 1. The molecule has 0 amide bonds. The van der Waals surface area contributed by atoms with Gasteiger partial charge in [-0.05, 0) is 54.4 Å². The smallest absolute Gasteiger partial charge is 0.344 e. The molecule has 3 rings (SSSR count). The Balaban J connectivity index is 0.00000456. The second-order valence-corrected chi connectivity index (χ2v) is 7.55. The average molecular weight is 492 g/mol. The lowest BCUT2D eigenvalue weighted by Crippen LogP contribution is -2.20. The minimum Gasteiger partial charge on any atom is -0.458 e. The molecule has 3 aromatic rings. The molecule has 1 atom stereocenters. The van der Waals surface area contributed by atoms with Gasteiger partial charge in [-0.25, -0.2) is 9.59 Å². The number of carbonyl (C=O) groups is 3. The van der Waals surface area contributed by atoms with Crippen LogP contribution >= 0.6 is 0 Å². The van der Waals surface area contributed by atoms with Crippen molar-refractivity contribution in [1.29, 1.82) is 5.41 Å². The molecule has 0 aliphatic carbocycles. The highest BCUT2D eigenvalue weighted by Crippen LogP contribution is 2.21. The summed E-state index contributed by atoms with van der Waals surface area (Å²) in [4.78, 5) is 36.5. The third kappa shape index (κ3) is 8.28. The predicted molar refractivity (Wildman–Crippen MR) is 136 cm³/mol. The van der Waals surface area contributed by atoms with E-state index in [4.69, 9.17) is 25.4 Å². The summed E-state index contributed by atoms with van der Waals surface area (Å²) in [6.07, 6.45) is 0. The highest BCUT2D eigenvalue weighted by Gasteiger charge is 2.19. The first kappa shape index (κ1) is 27.6. The summed E-state index contributed by atoms with van der Waals surface area (Å²) in [5.41, 5.74) is 7.63. The van der Waals surface area contributed by atoms with Crippen LogP contribution < -0.4 is 15.8 Å². The molecule has 4 N–H and O–H groups in total. The number of nitrogens with two attached hydrogens (primary N) is 1. The third-order valence-electron chi connectivity index (χ3n) is 4.92. The number of anilines is 1. The molecule has 9 nitrogen and oxygen atoms in total. The van der Waals surface area contributed by atoms with Crippen molar-refractivity contribution in [2.75, 3.05) is 11.9 Å². The molecule has 0 unspecified atom stereocenters. The van der Waals surface area contributed by atoms with Crippen molar-refractivity contribution in [2.45, 2.75) is 26.9 Å². The lowest BCUT2D eigenvalue weighted by atomic mass is 10.0. The van der Waals surface area contributed by atoms with E-state index in [2.05, 4.69) is 5.32 Å². The Morgan fingerprint density at radius 2 is 1.56 bits per heavy atom. The maximum atomic E-state index is 12.3. The first-order chi connectivity index (χ1) is 16.8. The average Bonchev–Trinajstić information content (AvgIpc) is 2.86. The van der Waals surface area contributed by atoms with E-state index in [1.54, 1.807) is 55.5 Å². The van der Waals surface area contributed by atoms with E-state index in [0.29, 0.717) is 22.6 Å². The number of nitrogens with one attached hydrogen (secondary N) is 2. The molecule has 0 spiro atoms. The topological polar surface area (TPSA) is 141 Å². The van der Waals surface area contributed by atoms with E-state index in [1.165, 1.54) is 0 Å². The first-order valence-corrected chi connectivity index (χ1v) is 10.7. The molecule has 0 aliphatic rings. The van der Waals surface area contributed by atoms with Crippen molar-refractivity contribution in [2.24, 2.45) is 5.73 Å². The Kier molecular flexibility index (Phi) is 10.2. The number of hydrogen-bond acceptors (Lipinski definition) is 7. The van der Waals surface area contributed by atoms with Crippen molar-refractivity contribution in [3.8, 4) is 5.75 Å². The highest BCUT2D eigenvalue weighted by molar-refractivity contribution is 5.93. The SMILES string of the molecule is C.C[C@H](C(=O)OCC(=O)OCc1ccccc1)c1ccc(OC(=O)c2ccc(NC(=N)N)cc2)cc1. The van der Waals surface area contributed by atoms with Crippen LogP contribution in [0.3, 0.4) is 0 Å². The van der Waals surface area contributed by atoms with Gasteiger partial charge in [-0.15, -0.1) is 0 Å². The Bertz CT molecular complexity index is 1180. The van der Waals surface area contributed by atoms with Gasteiger partial charge in [0.05, 0.1) is 11.5 Å². The molecular formula is C27H29N3O6. The first-order valence-electron chi connectivity index (χ1n) is 10.7. The largest absolute Gasteiger partial charge is 0.458 e. The Morgan fingerprint density at radius 1 is 0.917 bits per heavy atom. The van der Waals surface area contributed by atoms with Crippen LogP contribution in [0.15, 0.2) is 78.9 Å². The third-order valence-corrected chi connectivity index (χ3v) is 4.92. The van der Waals surface area contributed by atoms with E-state index in [-0.39, 0.29) is 20.0 Å². The second-order valence-electron chi connectivity index (χ2n) is 7.55. The molecule has 0 aromatic heterocycles. The summed E-state index contributed by atoms with van der Waals surface area (Å²) in [6, 6.07) is 21.9. The van der Waals surface area contributed by atoms with Gasteiger partial charge in [-0.2, -0.15) is 0 Å². The van der Waals surface area contributed by atoms with Gasteiger partial charge in [0, 0.05) is 5.69 Å². The van der Waals surface area contributed by atoms with E-state index >= 15 is 0 Å². The fourth-order valence-electron chi connectivity index (χ4n) is 3.01. The van der Waals surface area contributed by atoms with Gasteiger partial charge >= 0.3 is 17.9 Å². The number of hydrogen-bond donors (Lipinski definition) is 3. The summed E-state index contributed by atoms with van der Waals surface area (Å²) < 4.78 is 15.5. The molecule has 0 bridgehead atoms. The summed E-state index contributed by atoms with van der Waals surface area (Å²) in [7, 11) is 0. The molecule has 0 saturated heterocycles. The monoisotopic (exact) mass is 491 g/mol. The number of benzene rings is 3. The van der Waals surface area contributed by atoms with E-state index in [0.717, 1.165) is 5.56 Å². The molecule has 0 fully saturated rings. The molecule has 9 heteroatoms. The summed E-state index contributed by atoms with van der Waals surface area (Å²) in [5, 5.41) is 9.83. The van der Waals surface area contributed by atoms with Crippen LogP contribution in [0.4, 0.5) is 5.69 Å². The quantitative estimate of drug-likeness (QED) is 0.175. The van der Waals surface area contributed by atoms with Crippen LogP contribution in [0.25, 0.3) is 0 Å². The zero-order valence-corrected chi connectivity index (χ0v) is 19.0. The number of ether oxygens (including phenoxy) is 3. The van der Waals surface area contributed by atoms with Crippen molar-refractivity contribution < 1.29 is 28.6 Å².